The van der Waals surface area contributed by atoms with Gasteiger partial charge in [-0.05, 0) is 44.9 Å². The van der Waals surface area contributed by atoms with Crippen LogP contribution in [-0.2, 0) is 4.79 Å². The molecule has 2 atom stereocenters. The van der Waals surface area contributed by atoms with E-state index in [1.54, 1.807) is 6.08 Å². The van der Waals surface area contributed by atoms with E-state index in [1.807, 2.05) is 6.08 Å². The highest BCUT2D eigenvalue weighted by atomic mass is 16.3. The fourth-order valence-electron chi connectivity index (χ4n) is 8.98. The van der Waals surface area contributed by atoms with E-state index in [2.05, 4.69) is 43.5 Å². The van der Waals surface area contributed by atoms with Crippen molar-refractivity contribution in [2.75, 3.05) is 6.61 Å². The van der Waals surface area contributed by atoms with Crippen LogP contribution >= 0.6 is 0 Å². The average Bonchev–Trinajstić information content (AvgIpc) is 3.29. The Morgan fingerprint density at radius 1 is 0.365 bits per heavy atom. The molecule has 63 heavy (non-hydrogen) atoms. The summed E-state index contributed by atoms with van der Waals surface area (Å²) in [5.74, 6) is -0.0734. The number of aliphatic hydroxyl groups is 2. The normalized spacial score (nSPS) is 13.0. The van der Waals surface area contributed by atoms with Gasteiger partial charge in [0, 0.05) is 6.42 Å². The lowest BCUT2D eigenvalue weighted by Crippen LogP contribution is -2.45. The van der Waals surface area contributed by atoms with Crippen LogP contribution < -0.4 is 5.32 Å². The fraction of sp³-hybridized carbons (Fsp3) is 0.881. The van der Waals surface area contributed by atoms with Crippen molar-refractivity contribution in [3.63, 3.8) is 0 Å². The van der Waals surface area contributed by atoms with Gasteiger partial charge in [0.2, 0.25) is 5.91 Å². The highest BCUT2D eigenvalue weighted by molar-refractivity contribution is 5.76. The molecule has 0 heterocycles. The summed E-state index contributed by atoms with van der Waals surface area (Å²) in [7, 11) is 0. The molecule has 0 aromatic carbocycles. The predicted molar refractivity (Wildman–Crippen MR) is 281 cm³/mol. The molecule has 0 aromatic rings. The van der Waals surface area contributed by atoms with E-state index in [4.69, 9.17) is 0 Å². The van der Waals surface area contributed by atoms with E-state index in [-0.39, 0.29) is 12.5 Å². The van der Waals surface area contributed by atoms with Crippen LogP contribution in [-0.4, -0.2) is 34.9 Å². The van der Waals surface area contributed by atoms with Gasteiger partial charge in [-0.1, -0.05) is 301 Å². The first-order valence-corrected chi connectivity index (χ1v) is 28.7. The zero-order valence-corrected chi connectivity index (χ0v) is 42.9. The second-order valence-electron chi connectivity index (χ2n) is 19.7. The molecule has 4 nitrogen and oxygen atoms in total. The van der Waals surface area contributed by atoms with Crippen LogP contribution in [0, 0.1) is 0 Å². The van der Waals surface area contributed by atoms with Gasteiger partial charge in [0.25, 0.3) is 0 Å². The maximum Gasteiger partial charge on any atom is 0.220 e. The van der Waals surface area contributed by atoms with Gasteiger partial charge in [0.15, 0.2) is 0 Å². The Bertz CT molecular complexity index is 958. The Balaban J connectivity index is 3.39. The summed E-state index contributed by atoms with van der Waals surface area (Å²) in [6.07, 6.45) is 74.8. The zero-order chi connectivity index (χ0) is 45.6. The first-order chi connectivity index (χ1) is 31.2. The maximum absolute atomic E-state index is 12.4. The molecular weight excluding hydrogens is 771 g/mol. The summed E-state index contributed by atoms with van der Waals surface area (Å²) >= 11 is 0. The van der Waals surface area contributed by atoms with Crippen LogP contribution in [0.25, 0.3) is 0 Å². The lowest BCUT2D eigenvalue weighted by Gasteiger charge is -2.19. The number of carbonyl (C=O) groups is 1. The highest BCUT2D eigenvalue weighted by Gasteiger charge is 2.18. The van der Waals surface area contributed by atoms with Gasteiger partial charge in [-0.3, -0.25) is 4.79 Å². The summed E-state index contributed by atoms with van der Waals surface area (Å²) in [6, 6.07) is -0.643. The Morgan fingerprint density at radius 3 is 0.921 bits per heavy atom. The van der Waals surface area contributed by atoms with Crippen molar-refractivity contribution < 1.29 is 15.0 Å². The van der Waals surface area contributed by atoms with E-state index in [9.17, 15) is 15.0 Å². The first-order valence-electron chi connectivity index (χ1n) is 28.7. The summed E-state index contributed by atoms with van der Waals surface area (Å²) in [5.41, 5.74) is 0. The molecule has 1 amide bonds. The van der Waals surface area contributed by atoms with Crippen LogP contribution in [0.3, 0.4) is 0 Å². The molecule has 4 heteroatoms. The molecule has 0 saturated heterocycles. The molecule has 0 radical (unpaired) electrons. The number of carbonyl (C=O) groups excluding carboxylic acids is 1. The Hall–Kier alpha value is -1.39. The Kier molecular flexibility index (Phi) is 53.7. The molecule has 3 N–H and O–H groups in total. The molecule has 0 fully saturated rings. The van der Waals surface area contributed by atoms with Crippen molar-refractivity contribution in [3.8, 4) is 0 Å². The van der Waals surface area contributed by atoms with Crippen molar-refractivity contribution in [2.45, 2.75) is 328 Å². The summed E-state index contributed by atoms with van der Waals surface area (Å²) in [5, 5.41) is 23.0. The standard InChI is InChI=1S/C59H113NO3/c1-3-5-7-9-11-13-15-17-19-20-21-22-23-24-25-26-27-28-29-30-31-32-33-34-35-36-37-38-39-40-41-43-45-47-49-51-53-55-59(63)60-57(56-61)58(62)54-52-50-48-46-44-42-18-16-14-12-10-8-6-4-2/h14,16,44,46,52,54,57-58,61-62H,3-13,15,17-43,45,47-51,53,55-56H2,1-2H3,(H,60,63)/b16-14+,46-44+,54-52+. The summed E-state index contributed by atoms with van der Waals surface area (Å²) < 4.78 is 0. The van der Waals surface area contributed by atoms with Gasteiger partial charge in [0.1, 0.15) is 0 Å². The minimum atomic E-state index is -0.867. The van der Waals surface area contributed by atoms with E-state index in [1.165, 1.54) is 257 Å². The molecule has 0 bridgehead atoms. The van der Waals surface area contributed by atoms with E-state index in [0.717, 1.165) is 38.5 Å². The second kappa shape index (κ2) is 54.9. The molecule has 0 aliphatic heterocycles. The first kappa shape index (κ1) is 61.6. The zero-order valence-electron chi connectivity index (χ0n) is 42.9. The predicted octanol–water partition coefficient (Wildman–Crippen LogP) is 18.9. The summed E-state index contributed by atoms with van der Waals surface area (Å²) in [6.45, 7) is 4.29. The number of hydrogen-bond donors (Lipinski definition) is 3. The molecule has 0 rings (SSSR count). The highest BCUT2D eigenvalue weighted by Crippen LogP contribution is 2.18. The smallest absolute Gasteiger partial charge is 0.220 e. The maximum atomic E-state index is 12.4. The van der Waals surface area contributed by atoms with E-state index in [0.29, 0.717) is 6.42 Å². The van der Waals surface area contributed by atoms with Crippen LogP contribution in [0.2, 0.25) is 0 Å². The molecule has 0 aliphatic carbocycles. The molecule has 2 unspecified atom stereocenters. The molecular formula is C59H113NO3. The number of amides is 1. The number of allylic oxidation sites excluding steroid dienone is 5. The third-order valence-corrected chi connectivity index (χ3v) is 13.4. The Labute approximate surface area is 395 Å². The monoisotopic (exact) mass is 884 g/mol. The van der Waals surface area contributed by atoms with Gasteiger partial charge in [0.05, 0.1) is 18.8 Å². The third-order valence-electron chi connectivity index (χ3n) is 13.4. The number of rotatable bonds is 53. The van der Waals surface area contributed by atoms with Gasteiger partial charge >= 0.3 is 0 Å². The number of aliphatic hydroxyl groups excluding tert-OH is 2. The van der Waals surface area contributed by atoms with Gasteiger partial charge in [-0.25, -0.2) is 0 Å². The fourth-order valence-corrected chi connectivity index (χ4v) is 8.98. The average molecular weight is 885 g/mol. The van der Waals surface area contributed by atoms with Gasteiger partial charge in [-0.15, -0.1) is 0 Å². The number of hydrogen-bond acceptors (Lipinski definition) is 3. The summed E-state index contributed by atoms with van der Waals surface area (Å²) in [4.78, 5) is 12.4. The second-order valence-corrected chi connectivity index (χ2v) is 19.7. The van der Waals surface area contributed by atoms with Crippen LogP contribution in [0.15, 0.2) is 36.5 Å². The number of unbranched alkanes of at least 4 members (excludes halogenated alkanes) is 42. The van der Waals surface area contributed by atoms with E-state index < -0.39 is 12.1 Å². The van der Waals surface area contributed by atoms with Crippen molar-refractivity contribution in [1.29, 1.82) is 0 Å². The lowest BCUT2D eigenvalue weighted by molar-refractivity contribution is -0.123. The molecule has 0 aromatic heterocycles. The molecule has 0 spiro atoms. The van der Waals surface area contributed by atoms with Gasteiger partial charge < -0.3 is 15.5 Å². The van der Waals surface area contributed by atoms with Crippen molar-refractivity contribution in [3.05, 3.63) is 36.5 Å². The topological polar surface area (TPSA) is 69.6 Å². The quantitative estimate of drug-likeness (QED) is 0.0421. The Morgan fingerprint density at radius 2 is 0.619 bits per heavy atom. The van der Waals surface area contributed by atoms with Crippen LogP contribution in [0.5, 0.6) is 0 Å². The SMILES string of the molecule is CCCCCC/C=C/CC/C=C/CC/C=C/C(O)C(CO)NC(=O)CCCCCCCCCCCCCCCCCCCCCCCCCCCCCCCCCCCCCCC. The molecule has 372 valence electrons. The van der Waals surface area contributed by atoms with Crippen molar-refractivity contribution in [2.24, 2.45) is 0 Å². The van der Waals surface area contributed by atoms with Gasteiger partial charge in [-0.2, -0.15) is 0 Å². The number of nitrogens with one attached hydrogen (secondary N) is 1. The third kappa shape index (κ3) is 51.5. The minimum absolute atomic E-state index is 0.0734. The minimum Gasteiger partial charge on any atom is -0.394 e. The largest absolute Gasteiger partial charge is 0.394 e. The van der Waals surface area contributed by atoms with Crippen LogP contribution in [0.1, 0.15) is 316 Å². The lowest BCUT2D eigenvalue weighted by atomic mass is 10.0. The molecule has 0 aliphatic rings. The van der Waals surface area contributed by atoms with Crippen molar-refractivity contribution >= 4 is 5.91 Å². The van der Waals surface area contributed by atoms with E-state index >= 15 is 0 Å². The van der Waals surface area contributed by atoms with Crippen LogP contribution in [0.4, 0.5) is 0 Å². The van der Waals surface area contributed by atoms with Crippen molar-refractivity contribution in [1.82, 2.24) is 5.32 Å². The molecule has 0 saturated carbocycles.